The zero-order chi connectivity index (χ0) is 21.8. The number of carbonyl (C=O) groups is 2. The lowest BCUT2D eigenvalue weighted by Crippen LogP contribution is -2.33. The summed E-state index contributed by atoms with van der Waals surface area (Å²) in [6.45, 7) is 0.597. The van der Waals surface area contributed by atoms with Crippen molar-refractivity contribution in [2.24, 2.45) is 0 Å². The van der Waals surface area contributed by atoms with Crippen LogP contribution in [0.1, 0.15) is 16.3 Å². The molecule has 1 saturated heterocycles. The molecular formula is C21H16ClN3O2S4. The van der Waals surface area contributed by atoms with Gasteiger partial charge in [0.25, 0.3) is 5.91 Å². The average Bonchev–Trinajstić information content (AvgIpc) is 3.49. The molecule has 0 spiro atoms. The fourth-order valence-electron chi connectivity index (χ4n) is 2.82. The third kappa shape index (κ3) is 5.61. The van der Waals surface area contributed by atoms with Gasteiger partial charge in [0.1, 0.15) is 9.33 Å². The smallest absolute Gasteiger partial charge is 0.266 e. The van der Waals surface area contributed by atoms with Gasteiger partial charge in [-0.15, -0.1) is 22.7 Å². The van der Waals surface area contributed by atoms with Gasteiger partial charge in [-0.25, -0.2) is 4.98 Å². The molecule has 158 valence electrons. The number of rotatable bonds is 7. The third-order valence-electron chi connectivity index (χ3n) is 4.38. The number of thioether (sulfide) groups is 1. The summed E-state index contributed by atoms with van der Waals surface area (Å²) in [5.74, 6) is -0.303. The summed E-state index contributed by atoms with van der Waals surface area (Å²) < 4.78 is 0.480. The van der Waals surface area contributed by atoms with Crippen LogP contribution in [-0.4, -0.2) is 32.6 Å². The lowest BCUT2D eigenvalue weighted by molar-refractivity contribution is -0.123. The Kier molecular flexibility index (Phi) is 7.19. The van der Waals surface area contributed by atoms with E-state index in [1.807, 2.05) is 53.2 Å². The standard InChI is InChI=1S/C21H16ClN3O2S4/c22-14-5-3-13(4-6-14)16-12-30-19(24-16)11-23-18(26)7-8-25-20(27)17(31-21(25)28)10-15-2-1-9-29-15/h1-6,9-10,12H,7-8,11H2,(H,23,26)/b17-10-. The van der Waals surface area contributed by atoms with Gasteiger partial charge in [0.2, 0.25) is 5.91 Å². The normalized spacial score (nSPS) is 15.1. The van der Waals surface area contributed by atoms with Crippen molar-refractivity contribution >= 4 is 80.5 Å². The summed E-state index contributed by atoms with van der Waals surface area (Å²) >= 11 is 15.6. The van der Waals surface area contributed by atoms with Crippen molar-refractivity contribution in [3.8, 4) is 11.3 Å². The predicted molar refractivity (Wildman–Crippen MR) is 133 cm³/mol. The van der Waals surface area contributed by atoms with Gasteiger partial charge in [0.15, 0.2) is 0 Å². The number of hydrogen-bond donors (Lipinski definition) is 1. The van der Waals surface area contributed by atoms with Gasteiger partial charge in [0, 0.05) is 33.8 Å². The van der Waals surface area contributed by atoms with E-state index in [1.54, 1.807) is 11.3 Å². The fraction of sp³-hybridized carbons (Fsp3) is 0.143. The van der Waals surface area contributed by atoms with E-state index in [4.69, 9.17) is 23.8 Å². The van der Waals surface area contributed by atoms with Crippen LogP contribution in [0.2, 0.25) is 5.02 Å². The first-order chi connectivity index (χ1) is 15.0. The first-order valence-electron chi connectivity index (χ1n) is 9.25. The maximum absolute atomic E-state index is 12.6. The van der Waals surface area contributed by atoms with E-state index in [2.05, 4.69) is 10.3 Å². The lowest BCUT2D eigenvalue weighted by atomic mass is 10.2. The molecule has 10 heteroatoms. The molecule has 0 unspecified atom stereocenters. The Morgan fingerprint density at radius 1 is 1.23 bits per heavy atom. The molecule has 3 aromatic rings. The van der Waals surface area contributed by atoms with Crippen molar-refractivity contribution in [3.05, 3.63) is 67.0 Å². The van der Waals surface area contributed by atoms with E-state index >= 15 is 0 Å². The molecule has 0 atom stereocenters. The SMILES string of the molecule is O=C(CCN1C(=O)/C(=C/c2cccs2)SC1=S)NCc1nc(-c2ccc(Cl)cc2)cs1. The Balaban J connectivity index is 1.27. The second-order valence-electron chi connectivity index (χ2n) is 6.51. The van der Waals surface area contributed by atoms with Crippen molar-refractivity contribution in [2.75, 3.05) is 6.54 Å². The van der Waals surface area contributed by atoms with Crippen LogP contribution in [0.15, 0.2) is 52.1 Å². The molecule has 1 aliphatic rings. The summed E-state index contributed by atoms with van der Waals surface area (Å²) in [5, 5.41) is 8.25. The van der Waals surface area contributed by atoms with E-state index in [9.17, 15) is 9.59 Å². The fourth-order valence-corrected chi connectivity index (χ4v) is 5.72. The number of thiazole rings is 1. The van der Waals surface area contributed by atoms with Gasteiger partial charge >= 0.3 is 0 Å². The van der Waals surface area contributed by atoms with Crippen LogP contribution < -0.4 is 5.32 Å². The minimum atomic E-state index is -0.153. The van der Waals surface area contributed by atoms with Gasteiger partial charge < -0.3 is 5.32 Å². The highest BCUT2D eigenvalue weighted by atomic mass is 35.5. The molecule has 5 nitrogen and oxygen atoms in total. The number of thiocarbonyl (C=S) groups is 1. The summed E-state index contributed by atoms with van der Waals surface area (Å²) in [7, 11) is 0. The molecule has 2 amide bonds. The van der Waals surface area contributed by atoms with E-state index in [-0.39, 0.29) is 24.8 Å². The summed E-state index contributed by atoms with van der Waals surface area (Å²) in [5.41, 5.74) is 1.82. The highest BCUT2D eigenvalue weighted by Crippen LogP contribution is 2.33. The van der Waals surface area contributed by atoms with Crippen LogP contribution >= 0.6 is 58.3 Å². The predicted octanol–water partition coefficient (Wildman–Crippen LogP) is 5.43. The third-order valence-corrected chi connectivity index (χ3v) is 7.68. The van der Waals surface area contributed by atoms with E-state index in [0.717, 1.165) is 21.1 Å². The Morgan fingerprint density at radius 3 is 2.77 bits per heavy atom. The van der Waals surface area contributed by atoms with Crippen LogP contribution in [-0.2, 0) is 16.1 Å². The monoisotopic (exact) mass is 505 g/mol. The molecule has 1 aliphatic heterocycles. The molecule has 0 radical (unpaired) electrons. The number of amides is 2. The minimum absolute atomic E-state index is 0.149. The molecule has 2 aromatic heterocycles. The van der Waals surface area contributed by atoms with Crippen molar-refractivity contribution in [1.82, 2.24) is 15.2 Å². The van der Waals surface area contributed by atoms with Crippen molar-refractivity contribution in [2.45, 2.75) is 13.0 Å². The van der Waals surface area contributed by atoms with Crippen LogP contribution in [0.5, 0.6) is 0 Å². The lowest BCUT2D eigenvalue weighted by Gasteiger charge is -2.13. The zero-order valence-corrected chi connectivity index (χ0v) is 20.1. The maximum atomic E-state index is 12.6. The van der Waals surface area contributed by atoms with Crippen LogP contribution in [0.3, 0.4) is 0 Å². The summed E-state index contributed by atoms with van der Waals surface area (Å²) in [6, 6.07) is 11.3. The molecule has 1 N–H and O–H groups in total. The number of halogens is 1. The number of aromatic nitrogens is 1. The number of nitrogens with zero attached hydrogens (tertiary/aromatic N) is 2. The van der Waals surface area contributed by atoms with Crippen molar-refractivity contribution in [3.63, 3.8) is 0 Å². The zero-order valence-electron chi connectivity index (χ0n) is 16.0. The number of hydrogen-bond acceptors (Lipinski definition) is 7. The topological polar surface area (TPSA) is 62.3 Å². The molecule has 4 rings (SSSR count). The molecule has 3 heterocycles. The minimum Gasteiger partial charge on any atom is -0.350 e. The van der Waals surface area contributed by atoms with Gasteiger partial charge in [-0.2, -0.15) is 0 Å². The van der Waals surface area contributed by atoms with E-state index in [1.165, 1.54) is 28.0 Å². The largest absolute Gasteiger partial charge is 0.350 e. The Hall–Kier alpha value is -2.04. The van der Waals surface area contributed by atoms with Gasteiger partial charge in [-0.3, -0.25) is 14.5 Å². The van der Waals surface area contributed by atoms with Crippen molar-refractivity contribution < 1.29 is 9.59 Å². The molecule has 31 heavy (non-hydrogen) atoms. The molecule has 1 aromatic carbocycles. The first kappa shape index (κ1) is 22.2. The second kappa shape index (κ2) is 10.1. The number of nitrogens with one attached hydrogen (secondary N) is 1. The average molecular weight is 506 g/mol. The molecule has 1 fully saturated rings. The Morgan fingerprint density at radius 2 is 2.03 bits per heavy atom. The number of benzene rings is 1. The maximum Gasteiger partial charge on any atom is 0.266 e. The Bertz CT molecular complexity index is 1140. The van der Waals surface area contributed by atoms with Gasteiger partial charge in [-0.1, -0.05) is 53.8 Å². The van der Waals surface area contributed by atoms with Crippen LogP contribution in [0, 0.1) is 0 Å². The summed E-state index contributed by atoms with van der Waals surface area (Å²) in [6.07, 6.45) is 2.01. The first-order valence-corrected chi connectivity index (χ1v) is 12.6. The van der Waals surface area contributed by atoms with Crippen LogP contribution in [0.25, 0.3) is 17.3 Å². The number of thiophene rings is 1. The molecular weight excluding hydrogens is 490 g/mol. The highest BCUT2D eigenvalue weighted by molar-refractivity contribution is 8.26. The van der Waals surface area contributed by atoms with Crippen LogP contribution in [0.4, 0.5) is 0 Å². The molecule has 0 bridgehead atoms. The molecule has 0 aliphatic carbocycles. The summed E-state index contributed by atoms with van der Waals surface area (Å²) in [4.78, 5) is 32.5. The van der Waals surface area contributed by atoms with E-state index in [0.29, 0.717) is 20.8 Å². The number of carbonyl (C=O) groups excluding carboxylic acids is 2. The second-order valence-corrected chi connectivity index (χ2v) is 10.5. The van der Waals surface area contributed by atoms with E-state index < -0.39 is 0 Å². The Labute approximate surface area is 202 Å². The quantitative estimate of drug-likeness (QED) is 0.342. The van der Waals surface area contributed by atoms with Gasteiger partial charge in [0.05, 0.1) is 17.1 Å². The van der Waals surface area contributed by atoms with Crippen molar-refractivity contribution in [1.29, 1.82) is 0 Å². The highest BCUT2D eigenvalue weighted by Gasteiger charge is 2.32. The van der Waals surface area contributed by atoms with Gasteiger partial charge in [-0.05, 0) is 29.7 Å². The molecule has 0 saturated carbocycles.